The zero-order valence-electron chi connectivity index (χ0n) is 12.7. The highest BCUT2D eigenvalue weighted by Crippen LogP contribution is 2.25. The Hall–Kier alpha value is -1.13. The lowest BCUT2D eigenvalue weighted by atomic mass is 10.1. The van der Waals surface area contributed by atoms with E-state index in [2.05, 4.69) is 64.0 Å². The molecule has 0 saturated heterocycles. The molecule has 2 aromatic rings. The van der Waals surface area contributed by atoms with Gasteiger partial charge < -0.3 is 5.32 Å². The van der Waals surface area contributed by atoms with Crippen molar-refractivity contribution in [3.8, 4) is 5.69 Å². The van der Waals surface area contributed by atoms with E-state index in [-0.39, 0.29) is 0 Å². The summed E-state index contributed by atoms with van der Waals surface area (Å²) >= 11 is 3.59. The summed E-state index contributed by atoms with van der Waals surface area (Å²) in [5.41, 5.74) is 4.94. The summed E-state index contributed by atoms with van der Waals surface area (Å²) in [6, 6.07) is 9.43. The molecule has 1 aliphatic carbocycles. The Kier molecular flexibility index (Phi) is 4.45. The SMILES string of the molecule is CCc1cc(CC)n(-c2cc(Br)ccc2CNC2CC2)n1. The molecule has 1 fully saturated rings. The van der Waals surface area contributed by atoms with Gasteiger partial charge in [0.05, 0.1) is 11.4 Å². The summed E-state index contributed by atoms with van der Waals surface area (Å²) in [5.74, 6) is 0. The number of hydrogen-bond donors (Lipinski definition) is 1. The van der Waals surface area contributed by atoms with Gasteiger partial charge in [-0.05, 0) is 49.4 Å². The number of halogens is 1. The van der Waals surface area contributed by atoms with Crippen molar-refractivity contribution in [2.24, 2.45) is 0 Å². The maximum atomic E-state index is 4.78. The molecule has 1 saturated carbocycles. The molecule has 0 amide bonds. The molecule has 0 spiro atoms. The second-order valence-corrected chi connectivity index (χ2v) is 6.59. The molecule has 112 valence electrons. The number of nitrogens with zero attached hydrogens (tertiary/aromatic N) is 2. The smallest absolute Gasteiger partial charge is 0.0705 e. The highest BCUT2D eigenvalue weighted by Gasteiger charge is 2.21. The molecular weight excluding hydrogens is 326 g/mol. The standard InChI is InChI=1S/C17H22BrN3/c1-3-14-10-16(4-2)21(20-14)17-9-13(18)6-5-12(17)11-19-15-7-8-15/h5-6,9-10,15,19H,3-4,7-8,11H2,1-2H3. The molecule has 1 aromatic heterocycles. The van der Waals surface area contributed by atoms with Crippen molar-refractivity contribution in [2.45, 2.75) is 52.1 Å². The monoisotopic (exact) mass is 347 g/mol. The van der Waals surface area contributed by atoms with Crippen LogP contribution in [-0.4, -0.2) is 15.8 Å². The number of benzene rings is 1. The van der Waals surface area contributed by atoms with Gasteiger partial charge in [0, 0.05) is 22.8 Å². The molecule has 21 heavy (non-hydrogen) atoms. The van der Waals surface area contributed by atoms with E-state index in [4.69, 9.17) is 5.10 Å². The maximum Gasteiger partial charge on any atom is 0.0705 e. The van der Waals surface area contributed by atoms with Gasteiger partial charge in [0.25, 0.3) is 0 Å². The molecule has 0 radical (unpaired) electrons. The van der Waals surface area contributed by atoms with Crippen LogP contribution in [0.4, 0.5) is 0 Å². The van der Waals surface area contributed by atoms with Crippen LogP contribution >= 0.6 is 15.9 Å². The van der Waals surface area contributed by atoms with Crippen molar-refractivity contribution in [1.29, 1.82) is 0 Å². The van der Waals surface area contributed by atoms with Gasteiger partial charge in [-0.1, -0.05) is 35.8 Å². The third-order valence-corrected chi connectivity index (χ3v) is 4.49. The Morgan fingerprint density at radius 3 is 2.71 bits per heavy atom. The highest BCUT2D eigenvalue weighted by molar-refractivity contribution is 9.10. The number of aromatic nitrogens is 2. The summed E-state index contributed by atoms with van der Waals surface area (Å²) in [6.45, 7) is 5.26. The predicted molar refractivity (Wildman–Crippen MR) is 89.9 cm³/mol. The summed E-state index contributed by atoms with van der Waals surface area (Å²) < 4.78 is 3.22. The number of hydrogen-bond acceptors (Lipinski definition) is 2. The number of nitrogens with one attached hydrogen (secondary N) is 1. The summed E-state index contributed by atoms with van der Waals surface area (Å²) in [5, 5.41) is 8.39. The lowest BCUT2D eigenvalue weighted by molar-refractivity contribution is 0.677. The molecule has 3 nitrogen and oxygen atoms in total. The molecule has 1 heterocycles. The van der Waals surface area contributed by atoms with Crippen LogP contribution in [0.15, 0.2) is 28.7 Å². The molecular formula is C17H22BrN3. The molecule has 3 rings (SSSR count). The lowest BCUT2D eigenvalue weighted by Gasteiger charge is -2.13. The van der Waals surface area contributed by atoms with Gasteiger partial charge in [0.15, 0.2) is 0 Å². The maximum absolute atomic E-state index is 4.78. The fourth-order valence-electron chi connectivity index (χ4n) is 2.53. The van der Waals surface area contributed by atoms with E-state index in [0.29, 0.717) is 0 Å². The molecule has 0 atom stereocenters. The molecule has 1 N–H and O–H groups in total. The van der Waals surface area contributed by atoms with Crippen LogP contribution in [0.1, 0.15) is 43.6 Å². The van der Waals surface area contributed by atoms with E-state index in [9.17, 15) is 0 Å². The summed E-state index contributed by atoms with van der Waals surface area (Å²) in [7, 11) is 0. The van der Waals surface area contributed by atoms with Crippen LogP contribution in [0.2, 0.25) is 0 Å². The van der Waals surface area contributed by atoms with Gasteiger partial charge in [-0.2, -0.15) is 5.10 Å². The van der Waals surface area contributed by atoms with Crippen molar-refractivity contribution in [3.05, 3.63) is 45.7 Å². The normalized spacial score (nSPS) is 14.6. The van der Waals surface area contributed by atoms with Gasteiger partial charge in [0.1, 0.15) is 0 Å². The van der Waals surface area contributed by atoms with E-state index >= 15 is 0 Å². The van der Waals surface area contributed by atoms with Crippen LogP contribution < -0.4 is 5.32 Å². The molecule has 4 heteroatoms. The van der Waals surface area contributed by atoms with Crippen molar-refractivity contribution in [3.63, 3.8) is 0 Å². The zero-order chi connectivity index (χ0) is 14.8. The second-order valence-electron chi connectivity index (χ2n) is 5.67. The van der Waals surface area contributed by atoms with Gasteiger partial charge >= 0.3 is 0 Å². The van der Waals surface area contributed by atoms with E-state index in [1.807, 2.05) is 0 Å². The zero-order valence-corrected chi connectivity index (χ0v) is 14.3. The lowest BCUT2D eigenvalue weighted by Crippen LogP contribution is -2.17. The molecule has 0 unspecified atom stereocenters. The first-order valence-electron chi connectivity index (χ1n) is 7.81. The third-order valence-electron chi connectivity index (χ3n) is 3.99. The number of aryl methyl sites for hydroxylation is 2. The summed E-state index contributed by atoms with van der Waals surface area (Å²) in [4.78, 5) is 0. The summed E-state index contributed by atoms with van der Waals surface area (Å²) in [6.07, 6.45) is 4.60. The average molecular weight is 348 g/mol. The first kappa shape index (κ1) is 14.8. The molecule has 0 aliphatic heterocycles. The molecule has 1 aliphatic rings. The highest BCUT2D eigenvalue weighted by atomic mass is 79.9. The first-order chi connectivity index (χ1) is 10.2. The van der Waals surface area contributed by atoms with Gasteiger partial charge in [0.2, 0.25) is 0 Å². The topological polar surface area (TPSA) is 29.9 Å². The van der Waals surface area contributed by atoms with E-state index in [1.54, 1.807) is 0 Å². The van der Waals surface area contributed by atoms with Crippen molar-refractivity contribution >= 4 is 15.9 Å². The largest absolute Gasteiger partial charge is 0.310 e. The molecule has 0 bridgehead atoms. The Labute approximate surface area is 134 Å². The molecule has 1 aromatic carbocycles. The van der Waals surface area contributed by atoms with Crippen LogP contribution in [0.5, 0.6) is 0 Å². The third kappa shape index (κ3) is 3.38. The Morgan fingerprint density at radius 2 is 2.05 bits per heavy atom. The van der Waals surface area contributed by atoms with Gasteiger partial charge in [-0.15, -0.1) is 0 Å². The fraction of sp³-hybridized carbons (Fsp3) is 0.471. The van der Waals surface area contributed by atoms with Crippen LogP contribution in [0.25, 0.3) is 5.69 Å². The number of rotatable bonds is 6. The van der Waals surface area contributed by atoms with Gasteiger partial charge in [-0.3, -0.25) is 0 Å². The van der Waals surface area contributed by atoms with Crippen molar-refractivity contribution in [1.82, 2.24) is 15.1 Å². The minimum absolute atomic E-state index is 0.718. The second kappa shape index (κ2) is 6.32. The van der Waals surface area contributed by atoms with Gasteiger partial charge in [-0.25, -0.2) is 4.68 Å². The fourth-order valence-corrected chi connectivity index (χ4v) is 2.88. The van der Waals surface area contributed by atoms with Crippen molar-refractivity contribution < 1.29 is 0 Å². The minimum atomic E-state index is 0.718. The minimum Gasteiger partial charge on any atom is -0.310 e. The van der Waals surface area contributed by atoms with Crippen molar-refractivity contribution in [2.75, 3.05) is 0 Å². The Balaban J connectivity index is 1.98. The predicted octanol–water partition coefficient (Wildman–Crippen LogP) is 4.01. The average Bonchev–Trinajstić information content (AvgIpc) is 3.23. The quantitative estimate of drug-likeness (QED) is 0.855. The Bertz CT molecular complexity index is 629. The van der Waals surface area contributed by atoms with Crippen LogP contribution in [-0.2, 0) is 19.4 Å². The van der Waals surface area contributed by atoms with Crippen LogP contribution in [0, 0.1) is 0 Å². The van der Waals surface area contributed by atoms with E-state index in [1.165, 1.54) is 29.8 Å². The first-order valence-corrected chi connectivity index (χ1v) is 8.60. The van der Waals surface area contributed by atoms with Crippen LogP contribution in [0.3, 0.4) is 0 Å². The Morgan fingerprint density at radius 1 is 1.24 bits per heavy atom. The van der Waals surface area contributed by atoms with E-state index in [0.717, 1.165) is 35.6 Å². The van der Waals surface area contributed by atoms with E-state index < -0.39 is 0 Å².